The maximum absolute atomic E-state index is 14.8. The van der Waals surface area contributed by atoms with Crippen LogP contribution in [-0.2, 0) is 54.6 Å². The van der Waals surface area contributed by atoms with Crippen molar-refractivity contribution < 1.29 is 28.8 Å². The summed E-state index contributed by atoms with van der Waals surface area (Å²) < 4.78 is 0. The lowest BCUT2D eigenvalue weighted by molar-refractivity contribution is -0.151. The highest BCUT2D eigenvalue weighted by atomic mass is 16.2. The van der Waals surface area contributed by atoms with Crippen molar-refractivity contribution in [1.29, 1.82) is 0 Å². The van der Waals surface area contributed by atoms with E-state index in [2.05, 4.69) is 31.2 Å². The Morgan fingerprint density at radius 3 is 1.90 bits per heavy atom. The standard InChI is InChI=1S/C45H51N9O6/c1-25(46)38-43(59)53-18-10-17-36(53)42(58)54-24-27-12-5-4-11-26(27)21-37(54)41(57)49-35(20-29-23-48-33-16-9-7-14-31(29)33)40(56)52-45(2,3)44(60)50-34(39(55)51-38)19-28-22-47-32-15-8-6-13-30(28)32/h4-9,11-16,22-23,25,34-38,47-48H,10,17-21,24,46H2,1-3H3,(H,49,57)(H,50,60)(H,51,55)(H,52,56)/t25?,34-,35-,36+,37-,38-/m0/s1. The van der Waals surface area contributed by atoms with Crippen molar-refractivity contribution in [1.82, 2.24) is 41.0 Å². The molecule has 8 N–H and O–H groups in total. The van der Waals surface area contributed by atoms with Crippen LogP contribution in [-0.4, -0.2) is 104 Å². The Hall–Kier alpha value is -6.48. The van der Waals surface area contributed by atoms with Crippen molar-refractivity contribution in [2.24, 2.45) is 5.73 Å². The molecule has 6 atom stereocenters. The second-order valence-corrected chi connectivity index (χ2v) is 16.8. The third kappa shape index (κ3) is 7.84. The Labute approximate surface area is 347 Å². The Bertz CT molecular complexity index is 2490. The summed E-state index contributed by atoms with van der Waals surface area (Å²) in [7, 11) is 0. The largest absolute Gasteiger partial charge is 0.361 e. The van der Waals surface area contributed by atoms with Gasteiger partial charge in [0.1, 0.15) is 35.7 Å². The summed E-state index contributed by atoms with van der Waals surface area (Å²) in [5, 5.41) is 13.2. The zero-order valence-corrected chi connectivity index (χ0v) is 33.9. The molecular formula is C45H51N9O6. The number of hydrogen-bond acceptors (Lipinski definition) is 7. The van der Waals surface area contributed by atoms with E-state index in [9.17, 15) is 28.8 Å². The van der Waals surface area contributed by atoms with Gasteiger partial charge in [-0.2, -0.15) is 0 Å². The predicted molar refractivity (Wildman–Crippen MR) is 225 cm³/mol. The van der Waals surface area contributed by atoms with E-state index < -0.39 is 77.2 Å². The van der Waals surface area contributed by atoms with Crippen LogP contribution in [0.1, 0.15) is 55.9 Å². The molecule has 3 aliphatic heterocycles. The molecule has 2 fully saturated rings. The minimum atomic E-state index is -1.60. The average molecular weight is 814 g/mol. The van der Waals surface area contributed by atoms with E-state index in [0.29, 0.717) is 12.8 Å². The van der Waals surface area contributed by atoms with Crippen molar-refractivity contribution in [2.45, 2.75) is 101 Å². The molecule has 2 aromatic heterocycles. The number of nitrogens with one attached hydrogen (secondary N) is 6. The number of para-hydroxylation sites is 2. The maximum atomic E-state index is 14.8. The summed E-state index contributed by atoms with van der Waals surface area (Å²) in [6, 6.07) is 16.3. The van der Waals surface area contributed by atoms with Crippen LogP contribution >= 0.6 is 0 Å². The minimum absolute atomic E-state index is 0.0351. The smallest absolute Gasteiger partial charge is 0.247 e. The summed E-state index contributed by atoms with van der Waals surface area (Å²) >= 11 is 0. The molecule has 3 aromatic carbocycles. The molecule has 8 rings (SSSR count). The fourth-order valence-electron chi connectivity index (χ4n) is 8.84. The third-order valence-corrected chi connectivity index (χ3v) is 12.2. The molecule has 5 aromatic rings. The molecule has 0 aliphatic carbocycles. The van der Waals surface area contributed by atoms with E-state index in [1.54, 1.807) is 19.3 Å². The van der Waals surface area contributed by atoms with E-state index in [1.165, 1.54) is 23.6 Å². The fourth-order valence-corrected chi connectivity index (χ4v) is 8.84. The van der Waals surface area contributed by atoms with Gasteiger partial charge in [-0.15, -0.1) is 0 Å². The number of carbonyl (C=O) groups excluding carboxylic acids is 6. The third-order valence-electron chi connectivity index (χ3n) is 12.2. The molecule has 3 aliphatic rings. The first kappa shape index (κ1) is 40.3. The molecule has 2 saturated heterocycles. The van der Waals surface area contributed by atoms with E-state index in [4.69, 9.17) is 5.73 Å². The van der Waals surface area contributed by atoms with Crippen molar-refractivity contribution in [3.05, 3.63) is 107 Å². The normalized spacial score (nSPS) is 24.7. The van der Waals surface area contributed by atoms with Gasteiger partial charge in [0.15, 0.2) is 0 Å². The van der Waals surface area contributed by atoms with Crippen LogP contribution in [0.4, 0.5) is 0 Å². The first-order chi connectivity index (χ1) is 28.8. The van der Waals surface area contributed by atoms with Gasteiger partial charge < -0.3 is 46.8 Å². The van der Waals surface area contributed by atoms with E-state index in [1.807, 2.05) is 72.8 Å². The van der Waals surface area contributed by atoms with E-state index >= 15 is 0 Å². The number of nitrogens with zero attached hydrogens (tertiary/aromatic N) is 2. The van der Waals surface area contributed by atoms with Crippen LogP contribution in [0, 0.1) is 0 Å². The highest BCUT2D eigenvalue weighted by molar-refractivity contribution is 6.00. The van der Waals surface area contributed by atoms with Crippen LogP contribution < -0.4 is 27.0 Å². The molecule has 0 saturated carbocycles. The van der Waals surface area contributed by atoms with Gasteiger partial charge in [0, 0.05) is 72.6 Å². The fraction of sp³-hybridized carbons (Fsp3) is 0.378. The number of hydrogen-bond donors (Lipinski definition) is 7. The molecule has 1 unspecified atom stereocenters. The summed E-state index contributed by atoms with van der Waals surface area (Å²) in [5.74, 6) is -3.44. The quantitative estimate of drug-likeness (QED) is 0.140. The molecule has 0 radical (unpaired) electrons. The number of carbonyl (C=O) groups is 6. The highest BCUT2D eigenvalue weighted by Gasteiger charge is 2.46. The molecule has 312 valence electrons. The van der Waals surface area contributed by atoms with Crippen molar-refractivity contribution in [3.8, 4) is 0 Å². The van der Waals surface area contributed by atoms with Gasteiger partial charge >= 0.3 is 0 Å². The number of fused-ring (bicyclic) bond motifs is 5. The average Bonchev–Trinajstić information content (AvgIpc) is 4.00. The summed E-state index contributed by atoms with van der Waals surface area (Å²) in [6.45, 7) is 4.99. The van der Waals surface area contributed by atoms with E-state index in [-0.39, 0.29) is 32.4 Å². The van der Waals surface area contributed by atoms with E-state index in [0.717, 1.165) is 44.1 Å². The Kier molecular flexibility index (Phi) is 10.9. The SMILES string of the molecule is CC(N)[C@@H]1NC(=O)[C@H](Cc2c[nH]c3ccccc23)NC(=O)C(C)(C)NC(=O)[C@H](Cc2c[nH]c3ccccc23)NC(=O)[C@@H]2Cc3ccccc3CN2C(=O)[C@H]2CCCN2C1=O. The van der Waals surface area contributed by atoms with Gasteiger partial charge in [0.05, 0.1) is 0 Å². The first-order valence-electron chi connectivity index (χ1n) is 20.6. The minimum Gasteiger partial charge on any atom is -0.361 e. The molecule has 60 heavy (non-hydrogen) atoms. The van der Waals surface area contributed by atoms with Gasteiger partial charge in [-0.1, -0.05) is 60.7 Å². The number of H-pyrrole nitrogens is 2. The number of aromatic amines is 2. The number of nitrogens with two attached hydrogens (primary N) is 1. The molecule has 0 bridgehead atoms. The molecule has 15 heteroatoms. The second kappa shape index (κ2) is 16.3. The summed E-state index contributed by atoms with van der Waals surface area (Å²) in [6.07, 6.45) is 4.69. The van der Waals surface area contributed by atoms with Crippen molar-refractivity contribution >= 4 is 57.2 Å². The Morgan fingerprint density at radius 1 is 0.683 bits per heavy atom. The number of aromatic nitrogens is 2. The van der Waals surface area contributed by atoms with Gasteiger partial charge in [-0.05, 0) is 68.0 Å². The lowest BCUT2D eigenvalue weighted by Crippen LogP contribution is -2.66. The first-order valence-corrected chi connectivity index (χ1v) is 20.6. The van der Waals surface area contributed by atoms with Crippen molar-refractivity contribution in [3.63, 3.8) is 0 Å². The number of rotatable bonds is 5. The molecular weight excluding hydrogens is 763 g/mol. The second-order valence-electron chi connectivity index (χ2n) is 16.8. The van der Waals surface area contributed by atoms with Gasteiger partial charge in [-0.3, -0.25) is 28.8 Å². The summed E-state index contributed by atoms with van der Waals surface area (Å²) in [4.78, 5) is 96.6. The lowest BCUT2D eigenvalue weighted by atomic mass is 9.92. The molecule has 6 amide bonds. The molecule has 0 spiro atoms. The van der Waals surface area contributed by atoms with Crippen LogP contribution in [0.3, 0.4) is 0 Å². The monoisotopic (exact) mass is 813 g/mol. The summed E-state index contributed by atoms with van der Waals surface area (Å²) in [5.41, 5.74) is 9.76. The number of amides is 6. The van der Waals surface area contributed by atoms with Gasteiger partial charge in [0.25, 0.3) is 0 Å². The van der Waals surface area contributed by atoms with Crippen molar-refractivity contribution in [2.75, 3.05) is 6.54 Å². The van der Waals surface area contributed by atoms with Crippen LogP contribution in [0.25, 0.3) is 21.8 Å². The zero-order valence-electron chi connectivity index (χ0n) is 33.9. The Balaban J connectivity index is 1.19. The van der Waals surface area contributed by atoms with Gasteiger partial charge in [0.2, 0.25) is 35.4 Å². The topological polar surface area (TPSA) is 215 Å². The zero-order chi connectivity index (χ0) is 42.3. The van der Waals surface area contributed by atoms with Gasteiger partial charge in [-0.25, -0.2) is 0 Å². The van der Waals surface area contributed by atoms with Crippen LogP contribution in [0.15, 0.2) is 85.2 Å². The molecule has 15 nitrogen and oxygen atoms in total. The van der Waals surface area contributed by atoms with Crippen LogP contribution in [0.2, 0.25) is 0 Å². The predicted octanol–water partition coefficient (Wildman–Crippen LogP) is 2.09. The maximum Gasteiger partial charge on any atom is 0.247 e. The Morgan fingerprint density at radius 2 is 1.27 bits per heavy atom. The lowest BCUT2D eigenvalue weighted by Gasteiger charge is -2.40. The molecule has 5 heterocycles. The number of benzene rings is 3. The van der Waals surface area contributed by atoms with Crippen LogP contribution in [0.5, 0.6) is 0 Å². The highest BCUT2D eigenvalue weighted by Crippen LogP contribution is 2.29.